The van der Waals surface area contributed by atoms with Gasteiger partial charge in [0.25, 0.3) is 0 Å². The molecule has 0 bridgehead atoms. The van der Waals surface area contributed by atoms with E-state index < -0.39 is 0 Å². The molecule has 0 aliphatic heterocycles. The van der Waals surface area contributed by atoms with Crippen molar-refractivity contribution in [3.05, 3.63) is 24.3 Å². The molecule has 1 fully saturated rings. The third kappa shape index (κ3) is 4.85. The van der Waals surface area contributed by atoms with Gasteiger partial charge in [-0.15, -0.1) is 0 Å². The van der Waals surface area contributed by atoms with Gasteiger partial charge in [0, 0.05) is 17.4 Å². The number of nitrogen functional groups attached to an aromatic ring is 1. The first kappa shape index (κ1) is 14.9. The van der Waals surface area contributed by atoms with Gasteiger partial charge in [0.15, 0.2) is 0 Å². The monoisotopic (exact) mass is 275 g/mol. The van der Waals surface area contributed by atoms with E-state index in [-0.39, 0.29) is 5.91 Å². The molecule has 0 saturated heterocycles. The molecule has 3 N–H and O–H groups in total. The summed E-state index contributed by atoms with van der Waals surface area (Å²) in [6.45, 7) is 5.93. The second-order valence-electron chi connectivity index (χ2n) is 6.06. The minimum absolute atomic E-state index is 0.0475. The first-order valence-electron chi connectivity index (χ1n) is 7.44. The second kappa shape index (κ2) is 6.75. The molecule has 1 aliphatic rings. The number of nitrogens with two attached hydrogens (primary N) is 1. The van der Waals surface area contributed by atoms with Crippen LogP contribution in [0, 0.1) is 5.92 Å². The Kier molecular flexibility index (Phi) is 5.01. The van der Waals surface area contributed by atoms with Gasteiger partial charge in [0.2, 0.25) is 5.91 Å². The van der Waals surface area contributed by atoms with Crippen LogP contribution in [0.25, 0.3) is 0 Å². The minimum atomic E-state index is 0.0475. The van der Waals surface area contributed by atoms with Crippen LogP contribution in [0.2, 0.25) is 0 Å². The van der Waals surface area contributed by atoms with Crippen molar-refractivity contribution < 1.29 is 4.79 Å². The van der Waals surface area contributed by atoms with Crippen molar-refractivity contribution in [2.24, 2.45) is 5.92 Å². The summed E-state index contributed by atoms with van der Waals surface area (Å²) < 4.78 is 0. The van der Waals surface area contributed by atoms with Crippen LogP contribution in [0.5, 0.6) is 0 Å². The highest BCUT2D eigenvalue weighted by Gasteiger charge is 2.29. The molecule has 0 atom stereocenters. The SMILES string of the molecule is CC(C)CCN(CC(=O)Nc1cccc(N)c1)C1CC1. The molecule has 2 rings (SSSR count). The molecule has 1 aromatic rings. The summed E-state index contributed by atoms with van der Waals surface area (Å²) >= 11 is 0. The van der Waals surface area contributed by atoms with E-state index in [0.717, 1.165) is 18.7 Å². The highest BCUT2D eigenvalue weighted by atomic mass is 16.2. The molecule has 0 spiro atoms. The van der Waals surface area contributed by atoms with E-state index in [1.807, 2.05) is 18.2 Å². The van der Waals surface area contributed by atoms with Crippen LogP contribution in [0.4, 0.5) is 11.4 Å². The van der Waals surface area contributed by atoms with Crippen LogP contribution in [0.1, 0.15) is 33.1 Å². The zero-order chi connectivity index (χ0) is 14.5. The largest absolute Gasteiger partial charge is 0.399 e. The molecular formula is C16H25N3O. The predicted molar refractivity (Wildman–Crippen MR) is 83.5 cm³/mol. The summed E-state index contributed by atoms with van der Waals surface area (Å²) in [7, 11) is 0. The second-order valence-corrected chi connectivity index (χ2v) is 6.06. The number of rotatable bonds is 7. The van der Waals surface area contributed by atoms with Gasteiger partial charge in [-0.3, -0.25) is 9.69 Å². The van der Waals surface area contributed by atoms with E-state index in [9.17, 15) is 4.79 Å². The predicted octanol–water partition coefficient (Wildman–Crippen LogP) is 2.72. The maximum Gasteiger partial charge on any atom is 0.238 e. The molecule has 0 unspecified atom stereocenters. The van der Waals surface area contributed by atoms with Crippen LogP contribution < -0.4 is 11.1 Å². The third-order valence-corrected chi connectivity index (χ3v) is 3.57. The number of amides is 1. The summed E-state index contributed by atoms with van der Waals surface area (Å²) in [4.78, 5) is 14.4. The average molecular weight is 275 g/mol. The highest BCUT2D eigenvalue weighted by Crippen LogP contribution is 2.27. The lowest BCUT2D eigenvalue weighted by Crippen LogP contribution is -2.36. The molecule has 1 saturated carbocycles. The number of carbonyl (C=O) groups is 1. The fourth-order valence-corrected chi connectivity index (χ4v) is 2.26. The minimum Gasteiger partial charge on any atom is -0.399 e. The van der Waals surface area contributed by atoms with Crippen LogP contribution in [0.3, 0.4) is 0 Å². The van der Waals surface area contributed by atoms with E-state index in [4.69, 9.17) is 5.73 Å². The molecule has 0 heterocycles. The van der Waals surface area contributed by atoms with Crippen molar-refractivity contribution >= 4 is 17.3 Å². The Morgan fingerprint density at radius 3 is 2.80 bits per heavy atom. The number of carbonyl (C=O) groups excluding carboxylic acids is 1. The van der Waals surface area contributed by atoms with Crippen molar-refractivity contribution in [1.82, 2.24) is 4.90 Å². The van der Waals surface area contributed by atoms with Crippen LogP contribution in [0.15, 0.2) is 24.3 Å². The number of nitrogens with one attached hydrogen (secondary N) is 1. The van der Waals surface area contributed by atoms with Crippen LogP contribution in [-0.4, -0.2) is 29.9 Å². The molecule has 20 heavy (non-hydrogen) atoms. The summed E-state index contributed by atoms with van der Waals surface area (Å²) in [6, 6.07) is 7.93. The van der Waals surface area contributed by atoms with E-state index in [1.165, 1.54) is 12.8 Å². The van der Waals surface area contributed by atoms with Crippen molar-refractivity contribution in [2.45, 2.75) is 39.2 Å². The Morgan fingerprint density at radius 1 is 1.45 bits per heavy atom. The lowest BCUT2D eigenvalue weighted by Gasteiger charge is -2.22. The van der Waals surface area contributed by atoms with Crippen LogP contribution >= 0.6 is 0 Å². The molecule has 1 amide bonds. The molecule has 0 radical (unpaired) electrons. The topological polar surface area (TPSA) is 58.4 Å². The van der Waals surface area contributed by atoms with Crippen molar-refractivity contribution in [2.75, 3.05) is 24.1 Å². The third-order valence-electron chi connectivity index (χ3n) is 3.57. The quantitative estimate of drug-likeness (QED) is 0.752. The maximum atomic E-state index is 12.1. The Hall–Kier alpha value is -1.55. The molecular weight excluding hydrogens is 250 g/mol. The molecule has 4 nitrogen and oxygen atoms in total. The summed E-state index contributed by atoms with van der Waals surface area (Å²) in [6.07, 6.45) is 3.59. The Labute approximate surface area is 121 Å². The fraction of sp³-hybridized carbons (Fsp3) is 0.562. The Bertz CT molecular complexity index is 455. The van der Waals surface area contributed by atoms with Gasteiger partial charge in [-0.2, -0.15) is 0 Å². The van der Waals surface area contributed by atoms with Gasteiger partial charge in [-0.1, -0.05) is 19.9 Å². The van der Waals surface area contributed by atoms with E-state index in [0.29, 0.717) is 24.2 Å². The molecule has 0 aromatic heterocycles. The van der Waals surface area contributed by atoms with Gasteiger partial charge < -0.3 is 11.1 Å². The highest BCUT2D eigenvalue weighted by molar-refractivity contribution is 5.92. The summed E-state index contributed by atoms with van der Waals surface area (Å²) in [5.41, 5.74) is 7.15. The van der Waals surface area contributed by atoms with Gasteiger partial charge in [-0.25, -0.2) is 0 Å². The summed E-state index contributed by atoms with van der Waals surface area (Å²) in [5.74, 6) is 0.722. The van der Waals surface area contributed by atoms with Crippen molar-refractivity contribution in [3.63, 3.8) is 0 Å². The average Bonchev–Trinajstić information content (AvgIpc) is 3.18. The number of anilines is 2. The Balaban J connectivity index is 1.85. The fourth-order valence-electron chi connectivity index (χ4n) is 2.26. The normalized spacial score (nSPS) is 14.8. The first-order valence-corrected chi connectivity index (χ1v) is 7.44. The zero-order valence-electron chi connectivity index (χ0n) is 12.4. The number of nitrogens with zero attached hydrogens (tertiary/aromatic N) is 1. The van der Waals surface area contributed by atoms with E-state index in [1.54, 1.807) is 6.07 Å². The van der Waals surface area contributed by atoms with Crippen LogP contribution in [-0.2, 0) is 4.79 Å². The van der Waals surface area contributed by atoms with Crippen molar-refractivity contribution in [1.29, 1.82) is 0 Å². The van der Waals surface area contributed by atoms with Crippen molar-refractivity contribution in [3.8, 4) is 0 Å². The van der Waals surface area contributed by atoms with Gasteiger partial charge >= 0.3 is 0 Å². The lowest BCUT2D eigenvalue weighted by molar-refractivity contribution is -0.117. The van der Waals surface area contributed by atoms with E-state index >= 15 is 0 Å². The number of benzene rings is 1. The first-order chi connectivity index (χ1) is 9.54. The standard InChI is InChI=1S/C16H25N3O/c1-12(2)8-9-19(15-6-7-15)11-16(20)18-14-5-3-4-13(17)10-14/h3-5,10,12,15H,6-9,11,17H2,1-2H3,(H,18,20). The van der Waals surface area contributed by atoms with Gasteiger partial charge in [-0.05, 0) is 49.9 Å². The smallest absolute Gasteiger partial charge is 0.238 e. The van der Waals surface area contributed by atoms with Gasteiger partial charge in [0.1, 0.15) is 0 Å². The molecule has 4 heteroatoms. The number of hydrogen-bond acceptors (Lipinski definition) is 3. The summed E-state index contributed by atoms with van der Waals surface area (Å²) in [5, 5.41) is 2.92. The Morgan fingerprint density at radius 2 is 2.20 bits per heavy atom. The lowest BCUT2D eigenvalue weighted by atomic mass is 10.1. The van der Waals surface area contributed by atoms with E-state index in [2.05, 4.69) is 24.1 Å². The number of hydrogen-bond donors (Lipinski definition) is 2. The van der Waals surface area contributed by atoms with Gasteiger partial charge in [0.05, 0.1) is 6.54 Å². The zero-order valence-corrected chi connectivity index (χ0v) is 12.4. The molecule has 1 aromatic carbocycles. The maximum absolute atomic E-state index is 12.1. The molecule has 1 aliphatic carbocycles. The molecule has 110 valence electrons.